The summed E-state index contributed by atoms with van der Waals surface area (Å²) in [7, 11) is 0. The van der Waals surface area contributed by atoms with Crippen molar-refractivity contribution in [2.75, 3.05) is 6.54 Å². The summed E-state index contributed by atoms with van der Waals surface area (Å²) in [5.41, 5.74) is 1.28. The van der Waals surface area contributed by atoms with Crippen molar-refractivity contribution in [1.29, 1.82) is 0 Å². The molecule has 1 N–H and O–H groups in total. The molecule has 0 radical (unpaired) electrons. The van der Waals surface area contributed by atoms with E-state index in [-0.39, 0.29) is 0 Å². The van der Waals surface area contributed by atoms with Crippen LogP contribution in [0.5, 0.6) is 0 Å². The van der Waals surface area contributed by atoms with Gasteiger partial charge in [0.2, 0.25) is 0 Å². The van der Waals surface area contributed by atoms with Crippen LogP contribution in [0, 0.1) is 0 Å². The first-order valence-corrected chi connectivity index (χ1v) is 7.26. The highest BCUT2D eigenvalue weighted by molar-refractivity contribution is 5.13. The van der Waals surface area contributed by atoms with Crippen LogP contribution in [-0.2, 0) is 13.1 Å². The zero-order valence-electron chi connectivity index (χ0n) is 11.9. The van der Waals surface area contributed by atoms with Gasteiger partial charge < -0.3 is 9.73 Å². The molecule has 18 heavy (non-hydrogen) atoms. The number of rotatable bonds is 8. The van der Waals surface area contributed by atoms with Crippen LogP contribution in [0.15, 0.2) is 16.7 Å². The van der Waals surface area contributed by atoms with Crippen molar-refractivity contribution in [3.8, 4) is 0 Å². The van der Waals surface area contributed by atoms with Crippen LogP contribution < -0.4 is 5.32 Å². The normalized spacial score (nSPS) is 17.3. The minimum Gasteiger partial charge on any atom is -0.468 e. The summed E-state index contributed by atoms with van der Waals surface area (Å²) in [6.07, 6.45) is 5.75. The molecule has 1 aromatic heterocycles. The van der Waals surface area contributed by atoms with Gasteiger partial charge in [-0.3, -0.25) is 4.90 Å². The molecule has 0 spiro atoms. The van der Waals surface area contributed by atoms with E-state index in [1.165, 1.54) is 24.8 Å². The summed E-state index contributed by atoms with van der Waals surface area (Å²) in [5, 5.41) is 3.51. The third-order valence-electron chi connectivity index (χ3n) is 3.86. The lowest BCUT2D eigenvalue weighted by Crippen LogP contribution is -2.31. The minimum absolute atomic E-state index is 0.619. The Bertz CT molecular complexity index is 357. The molecular formula is C15H26N2O. The highest BCUT2D eigenvalue weighted by Crippen LogP contribution is 2.20. The summed E-state index contributed by atoms with van der Waals surface area (Å²) in [6.45, 7) is 9.68. The maximum Gasteiger partial charge on any atom is 0.118 e. The molecule has 1 aromatic rings. The molecule has 0 saturated heterocycles. The fourth-order valence-electron chi connectivity index (χ4n) is 2.19. The van der Waals surface area contributed by atoms with Crippen LogP contribution in [-0.4, -0.2) is 23.5 Å². The van der Waals surface area contributed by atoms with Crippen LogP contribution >= 0.6 is 0 Å². The standard InChI is InChI=1S/C15H26N2O/c1-4-12(3)17(5-2)10-15-8-13(11-18-15)9-16-14-6-7-14/h8,11-12,14,16H,4-7,9-10H2,1-3H3. The maximum atomic E-state index is 5.66. The van der Waals surface area contributed by atoms with E-state index in [1.54, 1.807) is 0 Å². The molecule has 1 atom stereocenters. The Kier molecular flexibility index (Phi) is 4.84. The topological polar surface area (TPSA) is 28.4 Å². The second-order valence-electron chi connectivity index (χ2n) is 5.40. The van der Waals surface area contributed by atoms with Crippen molar-refractivity contribution in [2.45, 2.75) is 65.2 Å². The highest BCUT2D eigenvalue weighted by atomic mass is 16.3. The van der Waals surface area contributed by atoms with Crippen molar-refractivity contribution in [3.63, 3.8) is 0 Å². The molecule has 102 valence electrons. The summed E-state index contributed by atoms with van der Waals surface area (Å²) in [5.74, 6) is 1.09. The average Bonchev–Trinajstić information content (AvgIpc) is 3.12. The molecule has 0 amide bonds. The molecule has 3 nitrogen and oxygen atoms in total. The van der Waals surface area contributed by atoms with Crippen molar-refractivity contribution in [1.82, 2.24) is 10.2 Å². The molecule has 0 aromatic carbocycles. The van der Waals surface area contributed by atoms with Gasteiger partial charge >= 0.3 is 0 Å². The molecule has 3 heteroatoms. The first kappa shape index (κ1) is 13.6. The van der Waals surface area contributed by atoms with Gasteiger partial charge in [0.25, 0.3) is 0 Å². The Morgan fingerprint density at radius 1 is 1.44 bits per heavy atom. The maximum absolute atomic E-state index is 5.66. The minimum atomic E-state index is 0.619. The summed E-state index contributed by atoms with van der Waals surface area (Å²) >= 11 is 0. The molecule has 0 aliphatic heterocycles. The molecule has 1 unspecified atom stereocenters. The molecule has 1 aliphatic carbocycles. The van der Waals surface area contributed by atoms with E-state index in [2.05, 4.69) is 37.1 Å². The number of furan rings is 1. The van der Waals surface area contributed by atoms with E-state index in [1.807, 2.05) is 6.26 Å². The Morgan fingerprint density at radius 3 is 2.83 bits per heavy atom. The van der Waals surface area contributed by atoms with Crippen molar-refractivity contribution < 1.29 is 4.42 Å². The number of nitrogens with zero attached hydrogens (tertiary/aromatic N) is 1. The van der Waals surface area contributed by atoms with Gasteiger partial charge in [0.15, 0.2) is 0 Å². The van der Waals surface area contributed by atoms with Gasteiger partial charge in [-0.05, 0) is 38.8 Å². The Labute approximate surface area is 111 Å². The van der Waals surface area contributed by atoms with Gasteiger partial charge in [0.05, 0.1) is 12.8 Å². The van der Waals surface area contributed by atoms with Gasteiger partial charge in [-0.2, -0.15) is 0 Å². The van der Waals surface area contributed by atoms with Crippen molar-refractivity contribution in [2.24, 2.45) is 0 Å². The monoisotopic (exact) mass is 250 g/mol. The number of hydrogen-bond donors (Lipinski definition) is 1. The second-order valence-corrected chi connectivity index (χ2v) is 5.40. The Hall–Kier alpha value is -0.800. The van der Waals surface area contributed by atoms with E-state index in [4.69, 9.17) is 4.42 Å². The molecule has 1 fully saturated rings. The first-order valence-electron chi connectivity index (χ1n) is 7.26. The van der Waals surface area contributed by atoms with E-state index < -0.39 is 0 Å². The fourth-order valence-corrected chi connectivity index (χ4v) is 2.19. The third-order valence-corrected chi connectivity index (χ3v) is 3.86. The van der Waals surface area contributed by atoms with Gasteiger partial charge in [-0.1, -0.05) is 13.8 Å². The van der Waals surface area contributed by atoms with Gasteiger partial charge in [-0.15, -0.1) is 0 Å². The van der Waals surface area contributed by atoms with E-state index in [0.29, 0.717) is 6.04 Å². The number of hydrogen-bond acceptors (Lipinski definition) is 3. The predicted molar refractivity (Wildman–Crippen MR) is 74.4 cm³/mol. The smallest absolute Gasteiger partial charge is 0.118 e. The zero-order chi connectivity index (χ0) is 13.0. The summed E-state index contributed by atoms with van der Waals surface area (Å²) in [6, 6.07) is 3.57. The van der Waals surface area contributed by atoms with Crippen LogP contribution in [0.2, 0.25) is 0 Å². The highest BCUT2D eigenvalue weighted by Gasteiger charge is 2.20. The Balaban J connectivity index is 1.83. The lowest BCUT2D eigenvalue weighted by atomic mass is 10.2. The molecule has 2 rings (SSSR count). The Morgan fingerprint density at radius 2 is 2.22 bits per heavy atom. The average molecular weight is 250 g/mol. The van der Waals surface area contributed by atoms with Crippen molar-refractivity contribution >= 4 is 0 Å². The number of nitrogens with one attached hydrogen (secondary N) is 1. The first-order chi connectivity index (χ1) is 8.72. The van der Waals surface area contributed by atoms with E-state index in [9.17, 15) is 0 Å². The van der Waals surface area contributed by atoms with Crippen LogP contribution in [0.1, 0.15) is 51.4 Å². The fraction of sp³-hybridized carbons (Fsp3) is 0.733. The van der Waals surface area contributed by atoms with Crippen molar-refractivity contribution in [3.05, 3.63) is 23.7 Å². The lowest BCUT2D eigenvalue weighted by molar-refractivity contribution is 0.190. The van der Waals surface area contributed by atoms with Gasteiger partial charge in [0, 0.05) is 24.2 Å². The molecular weight excluding hydrogens is 224 g/mol. The second kappa shape index (κ2) is 6.39. The summed E-state index contributed by atoms with van der Waals surface area (Å²) < 4.78 is 5.66. The summed E-state index contributed by atoms with van der Waals surface area (Å²) in [4.78, 5) is 2.46. The lowest BCUT2D eigenvalue weighted by Gasteiger charge is -2.25. The largest absolute Gasteiger partial charge is 0.468 e. The quantitative estimate of drug-likeness (QED) is 0.768. The molecule has 1 aliphatic rings. The molecule has 1 heterocycles. The molecule has 1 saturated carbocycles. The van der Waals surface area contributed by atoms with E-state index in [0.717, 1.165) is 31.4 Å². The van der Waals surface area contributed by atoms with Crippen LogP contribution in [0.3, 0.4) is 0 Å². The SMILES string of the molecule is CCC(C)N(CC)Cc1cc(CNC2CC2)co1. The molecule has 0 bridgehead atoms. The van der Waals surface area contributed by atoms with Crippen LogP contribution in [0.25, 0.3) is 0 Å². The van der Waals surface area contributed by atoms with Gasteiger partial charge in [0.1, 0.15) is 5.76 Å². The van der Waals surface area contributed by atoms with E-state index >= 15 is 0 Å². The van der Waals surface area contributed by atoms with Gasteiger partial charge in [-0.25, -0.2) is 0 Å². The zero-order valence-corrected chi connectivity index (χ0v) is 11.9. The van der Waals surface area contributed by atoms with Crippen LogP contribution in [0.4, 0.5) is 0 Å². The third kappa shape index (κ3) is 3.85. The predicted octanol–water partition coefficient (Wildman–Crippen LogP) is 3.15.